The summed E-state index contributed by atoms with van der Waals surface area (Å²) in [6.45, 7) is 0.991. The minimum atomic E-state index is -4.44. The van der Waals surface area contributed by atoms with E-state index in [4.69, 9.17) is 14.7 Å². The molecule has 6 nitrogen and oxygen atoms in total. The molecule has 1 fully saturated rings. The number of pyridine rings is 1. The van der Waals surface area contributed by atoms with Crippen LogP contribution in [0.25, 0.3) is 22.3 Å². The molecule has 36 heavy (non-hydrogen) atoms. The van der Waals surface area contributed by atoms with Gasteiger partial charge in [-0.3, -0.25) is 4.98 Å². The van der Waals surface area contributed by atoms with E-state index in [1.54, 1.807) is 18.2 Å². The number of ether oxygens (including phenoxy) is 1. The monoisotopic (exact) mass is 492 g/mol. The molecule has 0 bridgehead atoms. The summed E-state index contributed by atoms with van der Waals surface area (Å²) >= 11 is 0. The third-order valence-corrected chi connectivity index (χ3v) is 6.44. The van der Waals surface area contributed by atoms with Gasteiger partial charge < -0.3 is 9.64 Å². The molecule has 0 atom stereocenters. The summed E-state index contributed by atoms with van der Waals surface area (Å²) < 4.78 is 45.5. The number of rotatable bonds is 4. The molecule has 9 heteroatoms. The fourth-order valence-electron chi connectivity index (χ4n) is 4.65. The molecular weight excluding hydrogens is 469 g/mol. The van der Waals surface area contributed by atoms with Crippen molar-refractivity contribution in [2.75, 3.05) is 25.1 Å². The summed E-state index contributed by atoms with van der Waals surface area (Å²) in [4.78, 5) is 27.9. The number of benzene rings is 2. The maximum atomic E-state index is 13.5. The number of piperidine rings is 1. The molecule has 4 aromatic rings. The van der Waals surface area contributed by atoms with Crippen molar-refractivity contribution >= 4 is 22.8 Å². The molecule has 2 aromatic carbocycles. The van der Waals surface area contributed by atoms with E-state index in [2.05, 4.69) is 4.98 Å². The Labute approximate surface area is 205 Å². The molecule has 1 saturated heterocycles. The fourth-order valence-corrected chi connectivity index (χ4v) is 4.65. The van der Waals surface area contributed by atoms with E-state index < -0.39 is 17.7 Å². The number of hydrogen-bond donors (Lipinski definition) is 0. The van der Waals surface area contributed by atoms with Gasteiger partial charge in [-0.1, -0.05) is 30.3 Å². The van der Waals surface area contributed by atoms with Gasteiger partial charge in [0.25, 0.3) is 0 Å². The van der Waals surface area contributed by atoms with E-state index in [0.29, 0.717) is 54.0 Å². The molecular formula is C27H23F3N4O2. The van der Waals surface area contributed by atoms with Crippen LogP contribution < -0.4 is 4.90 Å². The average molecular weight is 493 g/mol. The highest BCUT2D eigenvalue weighted by Crippen LogP contribution is 2.39. The number of hydrogen-bond acceptors (Lipinski definition) is 6. The number of esters is 1. The number of methoxy groups -OCH3 is 1. The number of carbonyl (C=O) groups is 1. The number of nitrogens with zero attached hydrogens (tertiary/aromatic N) is 4. The fraction of sp³-hybridized carbons (Fsp3) is 0.259. The van der Waals surface area contributed by atoms with Gasteiger partial charge in [0, 0.05) is 30.8 Å². The van der Waals surface area contributed by atoms with Gasteiger partial charge in [0.2, 0.25) is 0 Å². The first-order chi connectivity index (χ1) is 17.3. The first kappa shape index (κ1) is 23.7. The minimum absolute atomic E-state index is 0.0975. The van der Waals surface area contributed by atoms with Crippen molar-refractivity contribution in [1.29, 1.82) is 0 Å². The van der Waals surface area contributed by atoms with E-state index in [9.17, 15) is 18.0 Å². The lowest BCUT2D eigenvalue weighted by molar-refractivity contribution is -0.138. The second-order valence-corrected chi connectivity index (χ2v) is 8.65. The van der Waals surface area contributed by atoms with Gasteiger partial charge >= 0.3 is 12.1 Å². The predicted molar refractivity (Wildman–Crippen MR) is 130 cm³/mol. The van der Waals surface area contributed by atoms with Gasteiger partial charge in [-0.2, -0.15) is 13.2 Å². The van der Waals surface area contributed by atoms with Crippen LogP contribution in [0.2, 0.25) is 0 Å². The van der Waals surface area contributed by atoms with E-state index in [1.807, 2.05) is 35.2 Å². The van der Waals surface area contributed by atoms with Crippen LogP contribution in [0.4, 0.5) is 19.0 Å². The molecule has 0 radical (unpaired) electrons. The molecule has 0 aliphatic carbocycles. The number of carbonyl (C=O) groups excluding carboxylic acids is 1. The summed E-state index contributed by atoms with van der Waals surface area (Å²) in [5.41, 5.74) is 2.52. The number of anilines is 1. The highest BCUT2D eigenvalue weighted by molar-refractivity contribution is 5.94. The first-order valence-corrected chi connectivity index (χ1v) is 11.6. The molecule has 0 saturated carbocycles. The van der Waals surface area contributed by atoms with Gasteiger partial charge in [0.1, 0.15) is 5.69 Å². The molecule has 3 heterocycles. The Morgan fingerprint density at radius 3 is 2.42 bits per heavy atom. The lowest BCUT2D eigenvalue weighted by Crippen LogP contribution is -2.35. The molecule has 1 aliphatic rings. The van der Waals surface area contributed by atoms with Crippen molar-refractivity contribution < 1.29 is 22.7 Å². The Hall–Kier alpha value is -4.01. The van der Waals surface area contributed by atoms with E-state index in [1.165, 1.54) is 19.4 Å². The maximum absolute atomic E-state index is 13.5. The van der Waals surface area contributed by atoms with Crippen molar-refractivity contribution in [3.8, 4) is 11.3 Å². The molecule has 0 spiro atoms. The minimum Gasteiger partial charge on any atom is -0.465 e. The van der Waals surface area contributed by atoms with E-state index >= 15 is 0 Å². The highest BCUT2D eigenvalue weighted by atomic mass is 19.4. The first-order valence-electron chi connectivity index (χ1n) is 11.6. The van der Waals surface area contributed by atoms with Gasteiger partial charge in [-0.15, -0.1) is 0 Å². The molecule has 5 rings (SSSR count). The summed E-state index contributed by atoms with van der Waals surface area (Å²) in [5.74, 6) is -0.145. The lowest BCUT2D eigenvalue weighted by Gasteiger charge is -2.34. The van der Waals surface area contributed by atoms with Crippen LogP contribution >= 0.6 is 0 Å². The van der Waals surface area contributed by atoms with Gasteiger partial charge in [0.15, 0.2) is 5.82 Å². The lowest BCUT2D eigenvalue weighted by atomic mass is 9.90. The number of halogens is 3. The molecule has 0 N–H and O–H groups in total. The van der Waals surface area contributed by atoms with E-state index in [-0.39, 0.29) is 11.6 Å². The summed E-state index contributed by atoms with van der Waals surface area (Å²) in [6.07, 6.45) is -2.03. The van der Waals surface area contributed by atoms with Crippen molar-refractivity contribution in [3.63, 3.8) is 0 Å². The molecule has 2 aromatic heterocycles. The largest absolute Gasteiger partial charge is 0.465 e. The van der Waals surface area contributed by atoms with E-state index in [0.717, 1.165) is 11.6 Å². The second kappa shape index (κ2) is 9.56. The smallest absolute Gasteiger partial charge is 0.418 e. The zero-order valence-corrected chi connectivity index (χ0v) is 19.5. The van der Waals surface area contributed by atoms with Crippen molar-refractivity contribution in [2.24, 2.45) is 0 Å². The SMILES string of the molecule is COC(=O)c1ccc2nc(-c3ccccc3)c(N3CCC(c4ncccc4C(F)(F)F)CC3)nc2c1. The summed E-state index contributed by atoms with van der Waals surface area (Å²) in [6, 6.07) is 17.1. The zero-order chi connectivity index (χ0) is 25.3. The maximum Gasteiger partial charge on any atom is 0.418 e. The van der Waals surface area contributed by atoms with Gasteiger partial charge in [-0.05, 0) is 43.2 Å². The Morgan fingerprint density at radius 2 is 1.72 bits per heavy atom. The highest BCUT2D eigenvalue weighted by Gasteiger charge is 2.37. The Bertz CT molecular complexity index is 1400. The van der Waals surface area contributed by atoms with Crippen LogP contribution in [0.3, 0.4) is 0 Å². The molecule has 184 valence electrons. The number of aromatic nitrogens is 3. The van der Waals surface area contributed by atoms with Crippen LogP contribution in [0.5, 0.6) is 0 Å². The van der Waals surface area contributed by atoms with Crippen molar-refractivity contribution in [1.82, 2.24) is 15.0 Å². The third kappa shape index (κ3) is 4.60. The Kier molecular flexibility index (Phi) is 6.30. The van der Waals surface area contributed by atoms with Crippen molar-refractivity contribution in [2.45, 2.75) is 24.9 Å². The summed E-state index contributed by atoms with van der Waals surface area (Å²) in [7, 11) is 1.32. The topological polar surface area (TPSA) is 68.2 Å². The van der Waals surface area contributed by atoms with Crippen LogP contribution in [0, 0.1) is 0 Å². The second-order valence-electron chi connectivity index (χ2n) is 8.65. The zero-order valence-electron chi connectivity index (χ0n) is 19.5. The number of alkyl halides is 3. The average Bonchev–Trinajstić information content (AvgIpc) is 2.91. The van der Waals surface area contributed by atoms with Crippen LogP contribution in [0.1, 0.15) is 40.4 Å². The normalized spacial score (nSPS) is 14.7. The Balaban J connectivity index is 1.50. The number of fused-ring (bicyclic) bond motifs is 1. The standard InChI is InChI=1S/C27H23F3N4O2/c1-36-26(35)19-9-10-21-22(16-19)33-25(24(32-21)17-6-3-2-4-7-17)34-14-11-18(12-15-34)23-20(27(28,29)30)8-5-13-31-23/h2-10,13,16,18H,11-12,14-15H2,1H3. The van der Waals surface area contributed by atoms with Gasteiger partial charge in [0.05, 0.1) is 35.0 Å². The molecule has 1 aliphatic heterocycles. The quantitative estimate of drug-likeness (QED) is 0.332. The third-order valence-electron chi connectivity index (χ3n) is 6.44. The molecule has 0 amide bonds. The van der Waals surface area contributed by atoms with Crippen molar-refractivity contribution in [3.05, 3.63) is 83.7 Å². The molecule has 0 unspecified atom stereocenters. The van der Waals surface area contributed by atoms with Crippen LogP contribution in [-0.4, -0.2) is 41.1 Å². The summed E-state index contributed by atoms with van der Waals surface area (Å²) in [5, 5.41) is 0. The van der Waals surface area contributed by atoms with Crippen LogP contribution in [0.15, 0.2) is 66.9 Å². The predicted octanol–water partition coefficient (Wildman–Crippen LogP) is 5.88. The Morgan fingerprint density at radius 1 is 0.972 bits per heavy atom. The van der Waals surface area contributed by atoms with Gasteiger partial charge in [-0.25, -0.2) is 14.8 Å². The van der Waals surface area contributed by atoms with Crippen LogP contribution in [-0.2, 0) is 10.9 Å².